The fourth-order valence-corrected chi connectivity index (χ4v) is 6.63. The van der Waals surface area contributed by atoms with Gasteiger partial charge in [-0.25, -0.2) is 8.42 Å². The van der Waals surface area contributed by atoms with Crippen molar-refractivity contribution < 1.29 is 18.0 Å². The second-order valence-corrected chi connectivity index (χ2v) is 11.8. The lowest BCUT2D eigenvalue weighted by molar-refractivity contribution is -0.132. The van der Waals surface area contributed by atoms with Gasteiger partial charge in [0.15, 0.2) is 0 Å². The van der Waals surface area contributed by atoms with Crippen LogP contribution in [0.1, 0.15) is 54.3 Å². The quantitative estimate of drug-likeness (QED) is 0.486. The second-order valence-electron chi connectivity index (χ2n) is 8.01. The minimum atomic E-state index is -3.62. The highest BCUT2D eigenvalue weighted by atomic mass is 35.5. The monoisotopic (exact) mass is 511 g/mol. The van der Waals surface area contributed by atoms with Crippen LogP contribution in [0.2, 0.25) is 5.02 Å². The van der Waals surface area contributed by atoms with E-state index in [-0.39, 0.29) is 22.6 Å². The van der Waals surface area contributed by atoms with Gasteiger partial charge in [0.05, 0.1) is 6.54 Å². The van der Waals surface area contributed by atoms with Crippen molar-refractivity contribution in [3.8, 4) is 0 Å². The van der Waals surface area contributed by atoms with Gasteiger partial charge in [0.1, 0.15) is 4.21 Å². The van der Waals surface area contributed by atoms with Gasteiger partial charge in [0.2, 0.25) is 5.91 Å². The predicted molar refractivity (Wildman–Crippen MR) is 131 cm³/mol. The summed E-state index contributed by atoms with van der Waals surface area (Å²) in [5, 5.41) is 3.35. The van der Waals surface area contributed by atoms with E-state index in [1.165, 1.54) is 4.31 Å². The molecule has 1 saturated heterocycles. The van der Waals surface area contributed by atoms with Crippen LogP contribution in [0.5, 0.6) is 0 Å². The normalized spacial score (nSPS) is 14.9. The number of carbonyl (C=O) groups excluding carboxylic acids is 2. The van der Waals surface area contributed by atoms with E-state index < -0.39 is 10.0 Å². The number of nitrogens with zero attached hydrogens (tertiary/aromatic N) is 2. The average Bonchev–Trinajstić information content (AvgIpc) is 3.31. The Kier molecular flexibility index (Phi) is 9.31. The summed E-state index contributed by atoms with van der Waals surface area (Å²) < 4.78 is 27.8. The largest absolute Gasteiger partial charge is 0.347 e. The number of unbranched alkanes of at least 4 members (excludes halogenated alkanes) is 3. The Morgan fingerprint density at radius 2 is 1.70 bits per heavy atom. The van der Waals surface area contributed by atoms with Crippen LogP contribution in [-0.4, -0.2) is 55.6 Å². The van der Waals surface area contributed by atoms with Crippen LogP contribution in [0.15, 0.2) is 40.6 Å². The molecule has 0 atom stereocenters. The Labute approximate surface area is 204 Å². The zero-order chi connectivity index (χ0) is 23.8. The molecule has 0 aliphatic carbocycles. The molecule has 0 saturated carbocycles. The molecule has 3 rings (SSSR count). The molecule has 1 N–H and O–H groups in total. The van der Waals surface area contributed by atoms with Crippen LogP contribution >= 0.6 is 22.9 Å². The molecule has 2 heterocycles. The Balaban J connectivity index is 1.50. The van der Waals surface area contributed by atoms with Gasteiger partial charge >= 0.3 is 0 Å². The molecule has 1 aliphatic heterocycles. The zero-order valence-electron chi connectivity index (χ0n) is 18.8. The highest BCUT2D eigenvalue weighted by Crippen LogP contribution is 2.26. The Morgan fingerprint density at radius 3 is 2.36 bits per heavy atom. The molecule has 0 bridgehead atoms. The van der Waals surface area contributed by atoms with Crippen molar-refractivity contribution in [2.24, 2.45) is 0 Å². The van der Waals surface area contributed by atoms with E-state index in [4.69, 9.17) is 11.6 Å². The van der Waals surface area contributed by atoms with Crippen molar-refractivity contribution in [2.75, 3.05) is 26.2 Å². The van der Waals surface area contributed by atoms with Crippen LogP contribution in [-0.2, 0) is 21.4 Å². The van der Waals surface area contributed by atoms with Crippen molar-refractivity contribution in [3.05, 3.63) is 51.9 Å². The summed E-state index contributed by atoms with van der Waals surface area (Å²) in [6.45, 7) is 3.80. The summed E-state index contributed by atoms with van der Waals surface area (Å²) in [6.07, 6.45) is 4.73. The average molecular weight is 512 g/mol. The molecule has 7 nitrogen and oxygen atoms in total. The maximum absolute atomic E-state index is 13.0. The molecule has 10 heteroatoms. The third kappa shape index (κ3) is 7.02. The van der Waals surface area contributed by atoms with Crippen molar-refractivity contribution >= 4 is 44.8 Å². The molecule has 1 aromatic heterocycles. The van der Waals surface area contributed by atoms with E-state index in [9.17, 15) is 18.0 Å². The lowest BCUT2D eigenvalue weighted by atomic mass is 10.1. The number of amides is 2. The van der Waals surface area contributed by atoms with Crippen LogP contribution in [0, 0.1) is 0 Å². The van der Waals surface area contributed by atoms with E-state index in [0.717, 1.165) is 41.9 Å². The SMILES string of the molecule is CCCCCCC(=O)N1CCN(S(=O)(=O)c2ccc(CNC(=O)c3ccc(Cl)cc3)s2)CC1. The van der Waals surface area contributed by atoms with Crippen molar-refractivity contribution in [1.82, 2.24) is 14.5 Å². The minimum absolute atomic E-state index is 0.109. The standard InChI is InChI=1S/C23H30ClN3O4S2/c1-2-3-4-5-6-21(28)26-13-15-27(16-14-26)33(30,31)22-12-11-20(32-22)17-25-23(29)18-7-9-19(24)10-8-18/h7-12H,2-6,13-17H2,1H3,(H,25,29). The van der Waals surface area contributed by atoms with E-state index in [1.54, 1.807) is 41.3 Å². The van der Waals surface area contributed by atoms with Gasteiger partial charge < -0.3 is 10.2 Å². The molecule has 180 valence electrons. The van der Waals surface area contributed by atoms with Gasteiger partial charge in [0.25, 0.3) is 15.9 Å². The molecule has 2 amide bonds. The van der Waals surface area contributed by atoms with Gasteiger partial charge in [0, 0.05) is 48.1 Å². The zero-order valence-corrected chi connectivity index (χ0v) is 21.1. The fourth-order valence-electron chi connectivity index (χ4n) is 3.63. The smallest absolute Gasteiger partial charge is 0.252 e. The number of thiophene rings is 1. The van der Waals surface area contributed by atoms with Crippen LogP contribution in [0.25, 0.3) is 0 Å². The molecule has 1 aliphatic rings. The van der Waals surface area contributed by atoms with E-state index >= 15 is 0 Å². The van der Waals surface area contributed by atoms with Gasteiger partial charge in [-0.1, -0.05) is 37.8 Å². The maximum atomic E-state index is 13.0. The molecule has 1 fully saturated rings. The molecule has 33 heavy (non-hydrogen) atoms. The first-order chi connectivity index (χ1) is 15.8. The van der Waals surface area contributed by atoms with Gasteiger partial charge in [-0.15, -0.1) is 11.3 Å². The number of rotatable bonds is 10. The van der Waals surface area contributed by atoms with Crippen molar-refractivity contribution in [1.29, 1.82) is 0 Å². The lowest BCUT2D eigenvalue weighted by Crippen LogP contribution is -2.50. The third-order valence-electron chi connectivity index (χ3n) is 5.60. The number of carbonyl (C=O) groups is 2. The number of nitrogens with one attached hydrogen (secondary N) is 1. The van der Waals surface area contributed by atoms with Crippen LogP contribution < -0.4 is 5.32 Å². The summed E-state index contributed by atoms with van der Waals surface area (Å²) in [5.41, 5.74) is 0.488. The van der Waals surface area contributed by atoms with Crippen LogP contribution in [0.3, 0.4) is 0 Å². The summed E-state index contributed by atoms with van der Waals surface area (Å²) in [6, 6.07) is 9.86. The van der Waals surface area contributed by atoms with Gasteiger partial charge in [-0.2, -0.15) is 4.31 Å². The maximum Gasteiger partial charge on any atom is 0.252 e. The van der Waals surface area contributed by atoms with Gasteiger partial charge in [-0.3, -0.25) is 9.59 Å². The highest BCUT2D eigenvalue weighted by Gasteiger charge is 2.31. The summed E-state index contributed by atoms with van der Waals surface area (Å²) >= 11 is 6.99. The van der Waals surface area contributed by atoms with Crippen LogP contribution in [0.4, 0.5) is 0 Å². The van der Waals surface area contributed by atoms with E-state index in [1.807, 2.05) is 0 Å². The number of piperazine rings is 1. The van der Waals surface area contributed by atoms with Crippen molar-refractivity contribution in [2.45, 2.75) is 49.8 Å². The Hall–Kier alpha value is -1.94. The van der Waals surface area contributed by atoms with E-state index in [2.05, 4.69) is 12.2 Å². The first kappa shape index (κ1) is 25.7. The van der Waals surface area contributed by atoms with Gasteiger partial charge in [-0.05, 0) is 42.8 Å². The molecular weight excluding hydrogens is 482 g/mol. The minimum Gasteiger partial charge on any atom is -0.347 e. The molecule has 2 aromatic rings. The molecule has 0 spiro atoms. The first-order valence-corrected chi connectivity index (χ1v) is 13.8. The number of halogens is 1. The Bertz CT molecular complexity index is 1050. The number of hydrogen-bond acceptors (Lipinski definition) is 5. The predicted octanol–water partition coefficient (Wildman–Crippen LogP) is 4.13. The number of benzene rings is 1. The van der Waals surface area contributed by atoms with Crippen molar-refractivity contribution in [3.63, 3.8) is 0 Å². The highest BCUT2D eigenvalue weighted by molar-refractivity contribution is 7.91. The fraction of sp³-hybridized carbons (Fsp3) is 0.478. The lowest BCUT2D eigenvalue weighted by Gasteiger charge is -2.33. The molecule has 0 radical (unpaired) electrons. The molecular formula is C23H30ClN3O4S2. The second kappa shape index (κ2) is 12.0. The summed E-state index contributed by atoms with van der Waals surface area (Å²) in [5.74, 6) is -0.141. The first-order valence-electron chi connectivity index (χ1n) is 11.2. The third-order valence-corrected chi connectivity index (χ3v) is 9.30. The summed E-state index contributed by atoms with van der Waals surface area (Å²) in [4.78, 5) is 27.1. The molecule has 1 aromatic carbocycles. The van der Waals surface area contributed by atoms with E-state index in [0.29, 0.717) is 43.2 Å². The molecule has 0 unspecified atom stereocenters. The topological polar surface area (TPSA) is 86.8 Å². The Morgan fingerprint density at radius 1 is 1.00 bits per heavy atom. The number of sulfonamides is 1. The summed E-state index contributed by atoms with van der Waals surface area (Å²) in [7, 11) is -3.62. The number of hydrogen-bond donors (Lipinski definition) is 1.